The van der Waals surface area contributed by atoms with Gasteiger partial charge in [-0.1, -0.05) is 25.9 Å². The van der Waals surface area contributed by atoms with Gasteiger partial charge in [-0.15, -0.1) is 0 Å². The van der Waals surface area contributed by atoms with Crippen molar-refractivity contribution in [1.29, 1.82) is 0 Å². The number of rotatable bonds is 3. The van der Waals surface area contributed by atoms with Crippen LogP contribution in [0.5, 0.6) is 0 Å². The molecule has 14 heavy (non-hydrogen) atoms. The second-order valence-corrected chi connectivity index (χ2v) is 4.53. The van der Waals surface area contributed by atoms with Gasteiger partial charge in [0.15, 0.2) is 5.82 Å². The second-order valence-electron chi connectivity index (χ2n) is 4.53. The van der Waals surface area contributed by atoms with Crippen LogP contribution in [0.2, 0.25) is 0 Å². The average molecular weight is 195 g/mol. The third-order valence-corrected chi connectivity index (χ3v) is 2.02. The molecule has 1 heterocycles. The van der Waals surface area contributed by atoms with Gasteiger partial charge < -0.3 is 9.77 Å². The second kappa shape index (κ2) is 4.26. The van der Waals surface area contributed by atoms with Crippen molar-refractivity contribution < 1.29 is 5.21 Å². The summed E-state index contributed by atoms with van der Waals surface area (Å²) in [4.78, 5) is 4.06. The number of hydrogen-bond donors (Lipinski definition) is 1. The maximum absolute atomic E-state index is 8.41. The van der Waals surface area contributed by atoms with Crippen LogP contribution in [0.15, 0.2) is 17.5 Å². The molecule has 0 saturated carbocycles. The summed E-state index contributed by atoms with van der Waals surface area (Å²) in [7, 11) is 0. The van der Waals surface area contributed by atoms with Gasteiger partial charge in [0.1, 0.15) is 6.21 Å². The summed E-state index contributed by atoms with van der Waals surface area (Å²) in [6, 6.07) is 0. The van der Waals surface area contributed by atoms with E-state index in [4.69, 9.17) is 5.21 Å². The van der Waals surface area contributed by atoms with Crippen molar-refractivity contribution in [3.63, 3.8) is 0 Å². The molecule has 0 amide bonds. The zero-order chi connectivity index (χ0) is 10.6. The van der Waals surface area contributed by atoms with E-state index in [0.717, 1.165) is 13.0 Å². The quantitative estimate of drug-likeness (QED) is 0.456. The zero-order valence-electron chi connectivity index (χ0n) is 8.94. The Labute approximate surface area is 84.3 Å². The summed E-state index contributed by atoms with van der Waals surface area (Å²) in [6.07, 6.45) is 6.01. The van der Waals surface area contributed by atoms with Crippen LogP contribution in [0.4, 0.5) is 0 Å². The summed E-state index contributed by atoms with van der Waals surface area (Å²) in [5, 5.41) is 11.4. The normalized spacial score (nSPS) is 12.5. The maximum Gasteiger partial charge on any atom is 0.154 e. The first kappa shape index (κ1) is 10.8. The van der Waals surface area contributed by atoms with E-state index in [9.17, 15) is 0 Å². The van der Waals surface area contributed by atoms with Crippen LogP contribution < -0.4 is 0 Å². The first-order valence-corrected chi connectivity index (χ1v) is 4.71. The van der Waals surface area contributed by atoms with Gasteiger partial charge in [0.05, 0.1) is 0 Å². The van der Waals surface area contributed by atoms with Crippen LogP contribution in [0.25, 0.3) is 0 Å². The molecule has 1 aromatic rings. The van der Waals surface area contributed by atoms with E-state index in [2.05, 4.69) is 30.9 Å². The van der Waals surface area contributed by atoms with E-state index in [0.29, 0.717) is 11.2 Å². The third kappa shape index (κ3) is 3.20. The summed E-state index contributed by atoms with van der Waals surface area (Å²) < 4.78 is 1.98. The molecule has 1 N–H and O–H groups in total. The molecule has 4 heteroatoms. The Morgan fingerprint density at radius 2 is 2.29 bits per heavy atom. The molecule has 0 spiro atoms. The number of aromatic nitrogens is 2. The molecule has 0 unspecified atom stereocenters. The average Bonchev–Trinajstić information content (AvgIpc) is 2.48. The molecule has 1 rings (SSSR count). The minimum atomic E-state index is 0.303. The van der Waals surface area contributed by atoms with E-state index in [-0.39, 0.29) is 0 Å². The minimum absolute atomic E-state index is 0.303. The number of imidazole rings is 1. The van der Waals surface area contributed by atoms with Crippen LogP contribution in [-0.4, -0.2) is 21.0 Å². The molecule has 0 aromatic carbocycles. The standard InChI is InChI=1S/C10H17N3O/c1-10(2,3)4-6-13-7-5-11-9(13)8-12-14/h5,7-8,14H,4,6H2,1-3H3/b12-8-. The van der Waals surface area contributed by atoms with Gasteiger partial charge in [-0.25, -0.2) is 4.98 Å². The fourth-order valence-corrected chi connectivity index (χ4v) is 1.14. The zero-order valence-corrected chi connectivity index (χ0v) is 8.94. The Morgan fingerprint density at radius 1 is 1.57 bits per heavy atom. The lowest BCUT2D eigenvalue weighted by atomic mass is 9.92. The molecule has 0 radical (unpaired) electrons. The van der Waals surface area contributed by atoms with Gasteiger partial charge in [0.2, 0.25) is 0 Å². The van der Waals surface area contributed by atoms with Crippen molar-refractivity contribution in [1.82, 2.24) is 9.55 Å². The highest BCUT2D eigenvalue weighted by molar-refractivity contribution is 5.74. The monoisotopic (exact) mass is 195 g/mol. The molecule has 0 fully saturated rings. The van der Waals surface area contributed by atoms with Crippen molar-refractivity contribution >= 4 is 6.21 Å². The summed E-state index contributed by atoms with van der Waals surface area (Å²) in [6.45, 7) is 7.49. The first-order chi connectivity index (χ1) is 6.53. The minimum Gasteiger partial charge on any atom is -0.411 e. The highest BCUT2D eigenvalue weighted by Crippen LogP contribution is 2.19. The predicted octanol–water partition coefficient (Wildman–Crippen LogP) is 2.13. The molecule has 0 aliphatic rings. The Hall–Kier alpha value is -1.32. The van der Waals surface area contributed by atoms with Gasteiger partial charge in [0.25, 0.3) is 0 Å². The lowest BCUT2D eigenvalue weighted by molar-refractivity contribution is 0.321. The van der Waals surface area contributed by atoms with Crippen molar-refractivity contribution in [2.75, 3.05) is 0 Å². The largest absolute Gasteiger partial charge is 0.411 e. The Bertz CT molecular complexity index is 309. The van der Waals surface area contributed by atoms with Gasteiger partial charge in [-0.3, -0.25) is 0 Å². The maximum atomic E-state index is 8.41. The van der Waals surface area contributed by atoms with Crippen LogP contribution in [0.1, 0.15) is 33.0 Å². The SMILES string of the molecule is CC(C)(C)CCn1ccnc1/C=N\O. The molecule has 1 aromatic heterocycles. The molecule has 0 bridgehead atoms. The Kier molecular flexibility index (Phi) is 3.28. The molecule has 0 saturated heterocycles. The van der Waals surface area contributed by atoms with Gasteiger partial charge in [0, 0.05) is 18.9 Å². The molecular formula is C10H17N3O. The molecule has 4 nitrogen and oxygen atoms in total. The van der Waals surface area contributed by atoms with E-state index in [1.54, 1.807) is 6.20 Å². The Balaban J connectivity index is 2.63. The van der Waals surface area contributed by atoms with Crippen molar-refractivity contribution in [3.05, 3.63) is 18.2 Å². The van der Waals surface area contributed by atoms with Crippen LogP contribution >= 0.6 is 0 Å². The summed E-state index contributed by atoms with van der Waals surface area (Å²) >= 11 is 0. The fraction of sp³-hybridized carbons (Fsp3) is 0.600. The number of nitrogens with zero attached hydrogens (tertiary/aromatic N) is 3. The molecule has 0 atom stereocenters. The van der Waals surface area contributed by atoms with Crippen molar-refractivity contribution in [3.8, 4) is 0 Å². The number of oxime groups is 1. The van der Waals surface area contributed by atoms with E-state index >= 15 is 0 Å². The highest BCUT2D eigenvalue weighted by Gasteiger charge is 2.10. The fourth-order valence-electron chi connectivity index (χ4n) is 1.14. The van der Waals surface area contributed by atoms with E-state index < -0.39 is 0 Å². The topological polar surface area (TPSA) is 50.4 Å². The first-order valence-electron chi connectivity index (χ1n) is 4.71. The number of aryl methyl sites for hydroxylation is 1. The molecular weight excluding hydrogens is 178 g/mol. The van der Waals surface area contributed by atoms with Gasteiger partial charge in [-0.05, 0) is 11.8 Å². The van der Waals surface area contributed by atoms with E-state index in [1.165, 1.54) is 6.21 Å². The Morgan fingerprint density at radius 3 is 2.86 bits per heavy atom. The van der Waals surface area contributed by atoms with Gasteiger partial charge in [-0.2, -0.15) is 0 Å². The predicted molar refractivity (Wildman–Crippen MR) is 55.7 cm³/mol. The van der Waals surface area contributed by atoms with Crippen LogP contribution in [-0.2, 0) is 6.54 Å². The van der Waals surface area contributed by atoms with Crippen LogP contribution in [0, 0.1) is 5.41 Å². The molecule has 78 valence electrons. The lowest BCUT2D eigenvalue weighted by Crippen LogP contribution is -2.11. The lowest BCUT2D eigenvalue weighted by Gasteiger charge is -2.18. The third-order valence-electron chi connectivity index (χ3n) is 2.02. The van der Waals surface area contributed by atoms with Gasteiger partial charge >= 0.3 is 0 Å². The smallest absolute Gasteiger partial charge is 0.154 e. The van der Waals surface area contributed by atoms with E-state index in [1.807, 2.05) is 10.8 Å². The summed E-state index contributed by atoms with van der Waals surface area (Å²) in [5.41, 5.74) is 0.303. The highest BCUT2D eigenvalue weighted by atomic mass is 16.4. The number of hydrogen-bond acceptors (Lipinski definition) is 3. The van der Waals surface area contributed by atoms with Crippen LogP contribution in [0.3, 0.4) is 0 Å². The molecule has 0 aliphatic carbocycles. The summed E-state index contributed by atoms with van der Waals surface area (Å²) in [5.74, 6) is 0.691. The van der Waals surface area contributed by atoms with Crippen molar-refractivity contribution in [2.45, 2.75) is 33.7 Å². The van der Waals surface area contributed by atoms with Crippen molar-refractivity contribution in [2.24, 2.45) is 10.6 Å². The molecule has 0 aliphatic heterocycles.